The first-order valence-electron chi connectivity index (χ1n) is 7.26. The third-order valence-corrected chi connectivity index (χ3v) is 4.27. The van der Waals surface area contributed by atoms with Gasteiger partial charge < -0.3 is 5.32 Å². The Labute approximate surface area is 129 Å². The molecule has 2 aromatic rings. The van der Waals surface area contributed by atoms with Crippen LogP contribution in [-0.4, -0.2) is 22.6 Å². The number of aromatic amines is 1. The monoisotopic (exact) mass is 323 g/mol. The molecule has 23 heavy (non-hydrogen) atoms. The van der Waals surface area contributed by atoms with Crippen molar-refractivity contribution in [1.82, 2.24) is 15.5 Å². The minimum Gasteiger partial charge on any atom is -0.349 e. The van der Waals surface area contributed by atoms with E-state index in [2.05, 4.69) is 20.0 Å². The second-order valence-electron chi connectivity index (χ2n) is 5.89. The normalized spacial score (nSPS) is 15.9. The molecule has 1 aliphatic rings. The van der Waals surface area contributed by atoms with Crippen LogP contribution in [-0.2, 0) is 6.42 Å². The van der Waals surface area contributed by atoms with Crippen LogP contribution in [0.2, 0.25) is 0 Å². The first-order chi connectivity index (χ1) is 11.0. The van der Waals surface area contributed by atoms with Crippen LogP contribution >= 0.6 is 0 Å². The summed E-state index contributed by atoms with van der Waals surface area (Å²) in [5, 5.41) is 5.99. The predicted octanol–water partition coefficient (Wildman–Crippen LogP) is 1.78. The highest BCUT2D eigenvalue weighted by Crippen LogP contribution is 2.43. The topological polar surface area (TPSA) is 88.0 Å². The van der Waals surface area contributed by atoms with Crippen LogP contribution in [0.15, 0.2) is 27.5 Å². The molecule has 2 N–H and O–H groups in total. The SMILES string of the molecule is O=C(NCC1(Cc2ccc(F)cc2F)CCC1)c1noc(=O)[nH]1. The highest BCUT2D eigenvalue weighted by molar-refractivity contribution is 5.90. The summed E-state index contributed by atoms with van der Waals surface area (Å²) in [5.74, 6) is -2.75. The van der Waals surface area contributed by atoms with Crippen LogP contribution in [0.3, 0.4) is 0 Å². The van der Waals surface area contributed by atoms with Gasteiger partial charge in [-0.1, -0.05) is 12.5 Å². The van der Waals surface area contributed by atoms with Gasteiger partial charge in [0.2, 0.25) is 5.82 Å². The number of nitrogens with zero attached hydrogens (tertiary/aromatic N) is 1. The Kier molecular flexibility index (Phi) is 3.97. The highest BCUT2D eigenvalue weighted by atomic mass is 19.1. The first-order valence-corrected chi connectivity index (χ1v) is 7.26. The molecule has 1 saturated carbocycles. The molecule has 0 aliphatic heterocycles. The third-order valence-electron chi connectivity index (χ3n) is 4.27. The number of carbonyl (C=O) groups is 1. The Morgan fingerprint density at radius 2 is 2.17 bits per heavy atom. The number of halogens is 2. The third kappa shape index (κ3) is 3.30. The molecule has 8 heteroatoms. The lowest BCUT2D eigenvalue weighted by Crippen LogP contribution is -2.44. The lowest BCUT2D eigenvalue weighted by molar-refractivity contribution is 0.0845. The molecule has 6 nitrogen and oxygen atoms in total. The van der Waals surface area contributed by atoms with E-state index in [4.69, 9.17) is 0 Å². The van der Waals surface area contributed by atoms with Crippen molar-refractivity contribution in [2.45, 2.75) is 25.7 Å². The van der Waals surface area contributed by atoms with E-state index in [9.17, 15) is 18.4 Å². The Morgan fingerprint density at radius 3 is 2.74 bits per heavy atom. The van der Waals surface area contributed by atoms with Gasteiger partial charge >= 0.3 is 5.76 Å². The summed E-state index contributed by atoms with van der Waals surface area (Å²) in [5.41, 5.74) is 0.161. The van der Waals surface area contributed by atoms with E-state index in [1.54, 1.807) is 0 Å². The summed E-state index contributed by atoms with van der Waals surface area (Å²) >= 11 is 0. The Morgan fingerprint density at radius 1 is 1.39 bits per heavy atom. The summed E-state index contributed by atoms with van der Waals surface area (Å²) in [7, 11) is 0. The van der Waals surface area contributed by atoms with Crippen molar-refractivity contribution in [2.24, 2.45) is 5.41 Å². The number of amides is 1. The second-order valence-corrected chi connectivity index (χ2v) is 5.89. The fourth-order valence-corrected chi connectivity index (χ4v) is 2.84. The average molecular weight is 323 g/mol. The summed E-state index contributed by atoms with van der Waals surface area (Å²) in [6, 6.07) is 3.52. The molecular weight excluding hydrogens is 308 g/mol. The Bertz CT molecular complexity index is 780. The van der Waals surface area contributed by atoms with Crippen molar-refractivity contribution in [3.63, 3.8) is 0 Å². The van der Waals surface area contributed by atoms with E-state index in [-0.39, 0.29) is 11.2 Å². The Hall–Kier alpha value is -2.51. The molecule has 0 spiro atoms. The fourth-order valence-electron chi connectivity index (χ4n) is 2.84. The van der Waals surface area contributed by atoms with Crippen LogP contribution in [0.25, 0.3) is 0 Å². The van der Waals surface area contributed by atoms with Gasteiger partial charge in [-0.3, -0.25) is 14.3 Å². The van der Waals surface area contributed by atoms with Crippen molar-refractivity contribution in [3.05, 3.63) is 51.8 Å². The quantitative estimate of drug-likeness (QED) is 0.878. The number of hydrogen-bond acceptors (Lipinski definition) is 4. The standard InChI is InChI=1S/C15H15F2N3O3/c16-10-3-2-9(11(17)6-10)7-15(4-1-5-15)8-18-13(21)12-19-14(22)23-20-12/h2-3,6H,1,4-5,7-8H2,(H,18,21)(H,19,20,22). The van der Waals surface area contributed by atoms with E-state index in [0.717, 1.165) is 25.3 Å². The summed E-state index contributed by atoms with van der Waals surface area (Å²) in [6.45, 7) is 0.317. The summed E-state index contributed by atoms with van der Waals surface area (Å²) < 4.78 is 31.1. The van der Waals surface area contributed by atoms with Crippen molar-refractivity contribution in [2.75, 3.05) is 6.54 Å². The van der Waals surface area contributed by atoms with Crippen LogP contribution in [0, 0.1) is 17.0 Å². The van der Waals surface area contributed by atoms with E-state index in [1.165, 1.54) is 12.1 Å². The molecular formula is C15H15F2N3O3. The van der Waals surface area contributed by atoms with Crippen molar-refractivity contribution in [1.29, 1.82) is 0 Å². The van der Waals surface area contributed by atoms with Crippen molar-refractivity contribution in [3.8, 4) is 0 Å². The maximum absolute atomic E-state index is 13.8. The van der Waals surface area contributed by atoms with E-state index >= 15 is 0 Å². The molecule has 0 saturated heterocycles. The lowest BCUT2D eigenvalue weighted by atomic mass is 9.65. The molecule has 0 bridgehead atoms. The number of rotatable bonds is 5. The molecule has 122 valence electrons. The van der Waals surface area contributed by atoms with Gasteiger partial charge in [-0.2, -0.15) is 0 Å². The van der Waals surface area contributed by atoms with Gasteiger partial charge in [0.05, 0.1) is 0 Å². The van der Waals surface area contributed by atoms with E-state index in [0.29, 0.717) is 18.5 Å². The fraction of sp³-hybridized carbons (Fsp3) is 0.400. The molecule has 0 unspecified atom stereocenters. The van der Waals surface area contributed by atoms with E-state index < -0.39 is 23.3 Å². The molecule has 1 aliphatic carbocycles. The Balaban J connectivity index is 1.66. The van der Waals surface area contributed by atoms with Crippen LogP contribution in [0.4, 0.5) is 8.78 Å². The van der Waals surface area contributed by atoms with Gasteiger partial charge in [0.25, 0.3) is 5.91 Å². The molecule has 3 rings (SSSR count). The molecule has 1 amide bonds. The molecule has 0 atom stereocenters. The van der Waals surface area contributed by atoms with Crippen LogP contribution in [0.1, 0.15) is 35.4 Å². The van der Waals surface area contributed by atoms with Crippen molar-refractivity contribution < 1.29 is 18.1 Å². The predicted molar refractivity (Wildman–Crippen MR) is 75.8 cm³/mol. The van der Waals surface area contributed by atoms with Crippen LogP contribution < -0.4 is 11.1 Å². The largest absolute Gasteiger partial charge is 0.439 e. The number of benzene rings is 1. The number of carbonyl (C=O) groups excluding carboxylic acids is 1. The summed E-state index contributed by atoms with van der Waals surface area (Å²) in [6.07, 6.45) is 3.06. The molecule has 1 heterocycles. The zero-order chi connectivity index (χ0) is 16.4. The maximum atomic E-state index is 13.8. The zero-order valence-electron chi connectivity index (χ0n) is 12.2. The lowest BCUT2D eigenvalue weighted by Gasteiger charge is -2.42. The summed E-state index contributed by atoms with van der Waals surface area (Å²) in [4.78, 5) is 24.9. The van der Waals surface area contributed by atoms with Gasteiger partial charge in [0, 0.05) is 12.6 Å². The zero-order valence-corrected chi connectivity index (χ0v) is 12.2. The number of H-pyrrole nitrogens is 1. The minimum atomic E-state index is -0.804. The van der Waals surface area contributed by atoms with Gasteiger partial charge in [-0.15, -0.1) is 0 Å². The molecule has 1 fully saturated rings. The van der Waals surface area contributed by atoms with E-state index in [1.807, 2.05) is 0 Å². The smallest absolute Gasteiger partial charge is 0.349 e. The number of aromatic nitrogens is 2. The molecule has 1 aromatic carbocycles. The molecule has 1 aromatic heterocycles. The van der Waals surface area contributed by atoms with Crippen molar-refractivity contribution >= 4 is 5.91 Å². The van der Waals surface area contributed by atoms with Gasteiger partial charge in [-0.25, -0.2) is 13.6 Å². The van der Waals surface area contributed by atoms with Gasteiger partial charge in [0.15, 0.2) is 0 Å². The average Bonchev–Trinajstić information content (AvgIpc) is 2.90. The minimum absolute atomic E-state index is 0.197. The maximum Gasteiger partial charge on any atom is 0.439 e. The van der Waals surface area contributed by atoms with Gasteiger partial charge in [0.1, 0.15) is 11.6 Å². The van der Waals surface area contributed by atoms with Gasteiger partial charge in [-0.05, 0) is 41.5 Å². The van der Waals surface area contributed by atoms with Crippen LogP contribution in [0.5, 0.6) is 0 Å². The first kappa shape index (κ1) is 15.4. The second kappa shape index (κ2) is 5.94. The molecule has 0 radical (unpaired) electrons. The number of hydrogen-bond donors (Lipinski definition) is 2. The highest BCUT2D eigenvalue weighted by Gasteiger charge is 2.38. The number of nitrogens with one attached hydrogen (secondary N) is 2.